The van der Waals surface area contributed by atoms with Crippen molar-refractivity contribution >= 4 is 11.9 Å². The number of benzene rings is 3. The molecule has 166 valence electrons. The SMILES string of the molecule is O=[N+]([O-])c1ccc(-n2cc(C=NCc3cccc(C(F)(F)F)c3)c(-c3ccccc3)n2)cc1. The predicted molar refractivity (Wildman–Crippen MR) is 118 cm³/mol. The van der Waals surface area contributed by atoms with E-state index in [2.05, 4.69) is 10.1 Å². The standard InChI is InChI=1S/C24H17F3N4O2/c25-24(26,27)20-8-4-5-17(13-20)14-28-15-19-16-30(21-9-11-22(12-10-21)31(32)33)29-23(19)18-6-2-1-3-7-18/h1-13,15-16H,14H2. The zero-order chi connectivity index (χ0) is 23.4. The Kier molecular flexibility index (Phi) is 6.03. The lowest BCUT2D eigenvalue weighted by Crippen LogP contribution is -2.05. The van der Waals surface area contributed by atoms with Crippen LogP contribution in [0.3, 0.4) is 0 Å². The quantitative estimate of drug-likeness (QED) is 0.203. The first-order valence-electron chi connectivity index (χ1n) is 9.87. The number of aliphatic imine (C=N–C) groups is 1. The first-order valence-corrected chi connectivity index (χ1v) is 9.87. The van der Waals surface area contributed by atoms with Crippen molar-refractivity contribution in [3.63, 3.8) is 0 Å². The van der Waals surface area contributed by atoms with Gasteiger partial charge in [-0.2, -0.15) is 18.3 Å². The summed E-state index contributed by atoms with van der Waals surface area (Å²) in [5, 5.41) is 15.5. The Morgan fingerprint density at radius 3 is 2.39 bits per heavy atom. The lowest BCUT2D eigenvalue weighted by atomic mass is 10.1. The Hall–Kier alpha value is -4.27. The minimum Gasteiger partial charge on any atom is -0.288 e. The van der Waals surface area contributed by atoms with E-state index in [1.54, 1.807) is 35.3 Å². The Morgan fingerprint density at radius 1 is 1.00 bits per heavy atom. The molecule has 9 heteroatoms. The van der Waals surface area contributed by atoms with Gasteiger partial charge in [-0.05, 0) is 29.8 Å². The highest BCUT2D eigenvalue weighted by Gasteiger charge is 2.30. The Balaban J connectivity index is 1.65. The molecule has 0 spiro atoms. The minimum absolute atomic E-state index is 0.0305. The molecule has 0 amide bonds. The summed E-state index contributed by atoms with van der Waals surface area (Å²) in [4.78, 5) is 14.8. The summed E-state index contributed by atoms with van der Waals surface area (Å²) in [6, 6.07) is 20.4. The van der Waals surface area contributed by atoms with E-state index in [1.807, 2.05) is 30.3 Å². The number of nitro benzene ring substituents is 1. The lowest BCUT2D eigenvalue weighted by Gasteiger charge is -2.07. The van der Waals surface area contributed by atoms with Crippen LogP contribution >= 0.6 is 0 Å². The van der Waals surface area contributed by atoms with Crippen LogP contribution in [-0.4, -0.2) is 20.9 Å². The number of halogens is 3. The van der Waals surface area contributed by atoms with Crippen LogP contribution in [0.15, 0.2) is 90.1 Å². The topological polar surface area (TPSA) is 73.3 Å². The monoisotopic (exact) mass is 450 g/mol. The fourth-order valence-electron chi connectivity index (χ4n) is 3.26. The maximum Gasteiger partial charge on any atom is 0.416 e. The Bertz CT molecular complexity index is 1300. The van der Waals surface area contributed by atoms with Gasteiger partial charge in [0.1, 0.15) is 5.69 Å². The highest BCUT2D eigenvalue weighted by molar-refractivity contribution is 5.88. The zero-order valence-corrected chi connectivity index (χ0v) is 17.1. The molecule has 1 heterocycles. The van der Waals surface area contributed by atoms with Crippen molar-refractivity contribution in [1.82, 2.24) is 9.78 Å². The van der Waals surface area contributed by atoms with Crippen LogP contribution in [0.2, 0.25) is 0 Å². The third kappa shape index (κ3) is 5.15. The maximum atomic E-state index is 12.9. The van der Waals surface area contributed by atoms with Crippen molar-refractivity contribution in [2.45, 2.75) is 12.7 Å². The van der Waals surface area contributed by atoms with Crippen LogP contribution in [0.1, 0.15) is 16.7 Å². The third-order valence-electron chi connectivity index (χ3n) is 4.87. The Labute approximate surface area is 186 Å². The van der Waals surface area contributed by atoms with Gasteiger partial charge >= 0.3 is 6.18 Å². The van der Waals surface area contributed by atoms with Crippen LogP contribution in [0.4, 0.5) is 18.9 Å². The summed E-state index contributed by atoms with van der Waals surface area (Å²) in [5.74, 6) is 0. The second-order valence-electron chi connectivity index (χ2n) is 7.19. The molecule has 0 aliphatic rings. The molecule has 4 rings (SSSR count). The van der Waals surface area contributed by atoms with E-state index in [-0.39, 0.29) is 12.2 Å². The first-order chi connectivity index (χ1) is 15.8. The van der Waals surface area contributed by atoms with E-state index in [4.69, 9.17) is 0 Å². The van der Waals surface area contributed by atoms with E-state index < -0.39 is 16.7 Å². The summed E-state index contributed by atoms with van der Waals surface area (Å²) in [6.45, 7) is 0.0703. The van der Waals surface area contributed by atoms with Gasteiger partial charge in [-0.15, -0.1) is 0 Å². The predicted octanol–water partition coefficient (Wildman–Crippen LogP) is 6.09. The first kappa shape index (κ1) is 21.9. The number of nitro groups is 1. The van der Waals surface area contributed by atoms with Gasteiger partial charge in [-0.3, -0.25) is 15.1 Å². The number of aromatic nitrogens is 2. The van der Waals surface area contributed by atoms with Crippen LogP contribution in [0.25, 0.3) is 16.9 Å². The summed E-state index contributed by atoms with van der Waals surface area (Å²) in [7, 11) is 0. The highest BCUT2D eigenvalue weighted by atomic mass is 19.4. The van der Waals surface area contributed by atoms with Crippen molar-refractivity contribution in [2.24, 2.45) is 4.99 Å². The molecule has 0 saturated carbocycles. The molecule has 0 aliphatic carbocycles. The van der Waals surface area contributed by atoms with E-state index >= 15 is 0 Å². The van der Waals surface area contributed by atoms with Crippen molar-refractivity contribution in [3.05, 3.63) is 112 Å². The van der Waals surface area contributed by atoms with Crippen molar-refractivity contribution in [3.8, 4) is 16.9 Å². The smallest absolute Gasteiger partial charge is 0.288 e. The molecule has 0 unspecified atom stereocenters. The van der Waals surface area contributed by atoms with Gasteiger partial charge in [-0.1, -0.05) is 42.5 Å². The summed E-state index contributed by atoms with van der Waals surface area (Å²) in [6.07, 6.45) is -1.12. The average Bonchev–Trinajstić information content (AvgIpc) is 3.23. The number of nitrogens with zero attached hydrogens (tertiary/aromatic N) is 4. The molecule has 33 heavy (non-hydrogen) atoms. The Morgan fingerprint density at radius 2 is 1.73 bits per heavy atom. The van der Waals surface area contributed by atoms with Gasteiger partial charge in [-0.25, -0.2) is 4.68 Å². The van der Waals surface area contributed by atoms with Gasteiger partial charge in [0, 0.05) is 35.7 Å². The van der Waals surface area contributed by atoms with Gasteiger partial charge in [0.2, 0.25) is 0 Å². The molecular weight excluding hydrogens is 433 g/mol. The van der Waals surface area contributed by atoms with Crippen molar-refractivity contribution in [1.29, 1.82) is 0 Å². The molecule has 0 atom stereocenters. The molecule has 0 N–H and O–H groups in total. The van der Waals surface area contributed by atoms with Gasteiger partial charge in [0.05, 0.1) is 22.7 Å². The number of alkyl halides is 3. The van der Waals surface area contributed by atoms with Gasteiger partial charge in [0.15, 0.2) is 0 Å². The molecule has 1 aromatic heterocycles. The maximum absolute atomic E-state index is 12.9. The number of rotatable bonds is 6. The summed E-state index contributed by atoms with van der Waals surface area (Å²) < 4.78 is 40.4. The third-order valence-corrected chi connectivity index (χ3v) is 4.87. The van der Waals surface area contributed by atoms with Crippen LogP contribution in [0, 0.1) is 10.1 Å². The second-order valence-corrected chi connectivity index (χ2v) is 7.19. The molecule has 0 fully saturated rings. The van der Waals surface area contributed by atoms with Crippen molar-refractivity contribution < 1.29 is 18.1 Å². The fraction of sp³-hybridized carbons (Fsp3) is 0.0833. The molecular formula is C24H17F3N4O2. The van der Waals surface area contributed by atoms with Crippen molar-refractivity contribution in [2.75, 3.05) is 0 Å². The average molecular weight is 450 g/mol. The van der Waals surface area contributed by atoms with E-state index in [0.717, 1.165) is 17.7 Å². The molecule has 4 aromatic rings. The highest BCUT2D eigenvalue weighted by Crippen LogP contribution is 2.29. The summed E-state index contributed by atoms with van der Waals surface area (Å²) in [5.41, 5.74) is 2.43. The fourth-order valence-corrected chi connectivity index (χ4v) is 3.26. The number of hydrogen-bond acceptors (Lipinski definition) is 4. The van der Waals surface area contributed by atoms with Gasteiger partial charge < -0.3 is 0 Å². The van der Waals surface area contributed by atoms with Crippen LogP contribution in [-0.2, 0) is 12.7 Å². The minimum atomic E-state index is -4.41. The summed E-state index contributed by atoms with van der Waals surface area (Å²) >= 11 is 0. The van der Waals surface area contributed by atoms with E-state index in [0.29, 0.717) is 22.5 Å². The number of non-ortho nitro benzene ring substituents is 1. The lowest BCUT2D eigenvalue weighted by molar-refractivity contribution is -0.384. The normalized spacial score (nSPS) is 11.7. The second kappa shape index (κ2) is 9.07. The molecule has 0 saturated heterocycles. The molecule has 6 nitrogen and oxygen atoms in total. The van der Waals surface area contributed by atoms with E-state index in [9.17, 15) is 23.3 Å². The van der Waals surface area contributed by atoms with E-state index in [1.165, 1.54) is 18.2 Å². The molecule has 0 radical (unpaired) electrons. The molecule has 0 bridgehead atoms. The molecule has 0 aliphatic heterocycles. The van der Waals surface area contributed by atoms with Crippen LogP contribution < -0.4 is 0 Å². The molecule has 3 aromatic carbocycles. The van der Waals surface area contributed by atoms with Gasteiger partial charge in [0.25, 0.3) is 5.69 Å². The zero-order valence-electron chi connectivity index (χ0n) is 17.1. The van der Waals surface area contributed by atoms with Crippen LogP contribution in [0.5, 0.6) is 0 Å². The number of hydrogen-bond donors (Lipinski definition) is 0. The largest absolute Gasteiger partial charge is 0.416 e.